The van der Waals surface area contributed by atoms with Gasteiger partial charge in [-0.15, -0.1) is 4.99 Å². The van der Waals surface area contributed by atoms with Crippen molar-refractivity contribution in [3.63, 3.8) is 0 Å². The third kappa shape index (κ3) is 5.52. The fourth-order valence-electron chi connectivity index (χ4n) is 2.18. The highest BCUT2D eigenvalue weighted by Crippen LogP contribution is 2.36. The first-order valence-electron chi connectivity index (χ1n) is 7.94. The summed E-state index contributed by atoms with van der Waals surface area (Å²) in [6, 6.07) is 3.04. The van der Waals surface area contributed by atoms with Crippen LogP contribution in [-0.2, 0) is 16.0 Å². The van der Waals surface area contributed by atoms with Gasteiger partial charge in [0.15, 0.2) is 17.2 Å². The van der Waals surface area contributed by atoms with Crippen LogP contribution in [0.25, 0.3) is 0 Å². The van der Waals surface area contributed by atoms with E-state index in [0.717, 1.165) is 19.1 Å². The molecule has 0 saturated carbocycles. The Labute approximate surface area is 164 Å². The van der Waals surface area contributed by atoms with Crippen molar-refractivity contribution in [1.82, 2.24) is 0 Å². The molecule has 0 fully saturated rings. The summed E-state index contributed by atoms with van der Waals surface area (Å²) in [5.74, 6) is -6.47. The number of anilines is 2. The maximum atomic E-state index is 13.6. The first-order valence-corrected chi connectivity index (χ1v) is 7.94. The molecule has 2 rings (SSSR count). The Bertz CT molecular complexity index is 936. The van der Waals surface area contributed by atoms with Gasteiger partial charge in [0, 0.05) is 17.8 Å². The molecule has 1 atom stereocenters. The van der Waals surface area contributed by atoms with Crippen LogP contribution in [0.15, 0.2) is 30.3 Å². The zero-order valence-electron chi connectivity index (χ0n) is 15.0. The smallest absolute Gasteiger partial charge is 0.418 e. The molecule has 0 aromatic heterocycles. The lowest BCUT2D eigenvalue weighted by Crippen LogP contribution is -2.45. The molecule has 1 amide bonds. The molecule has 164 valence electrons. The van der Waals surface area contributed by atoms with Crippen LogP contribution in [0.4, 0.5) is 37.7 Å². The predicted octanol–water partition coefficient (Wildman–Crippen LogP) is 3.71. The van der Waals surface area contributed by atoms with Crippen LogP contribution in [0.1, 0.15) is 12.5 Å². The minimum atomic E-state index is -4.90. The SMILES string of the molecule is CC(O)(COc1cc(F)cc(F)c1F)C(=O)Nc1ccc(NOO)c(C(F)(F)F)c1. The molecule has 0 bridgehead atoms. The molecule has 0 aliphatic rings. The summed E-state index contributed by atoms with van der Waals surface area (Å²) in [6.45, 7) is -0.0984. The minimum absolute atomic E-state index is 0.256. The Kier molecular flexibility index (Phi) is 6.80. The second kappa shape index (κ2) is 8.77. The second-order valence-corrected chi connectivity index (χ2v) is 6.17. The van der Waals surface area contributed by atoms with E-state index in [0.29, 0.717) is 12.1 Å². The van der Waals surface area contributed by atoms with Gasteiger partial charge >= 0.3 is 6.18 Å². The molecule has 13 heteroatoms. The van der Waals surface area contributed by atoms with Crippen molar-refractivity contribution in [2.45, 2.75) is 18.7 Å². The van der Waals surface area contributed by atoms with E-state index < -0.39 is 64.4 Å². The van der Waals surface area contributed by atoms with Gasteiger partial charge < -0.3 is 15.2 Å². The predicted molar refractivity (Wildman–Crippen MR) is 89.8 cm³/mol. The summed E-state index contributed by atoms with van der Waals surface area (Å²) >= 11 is 0. The van der Waals surface area contributed by atoms with E-state index in [2.05, 4.69) is 4.99 Å². The van der Waals surface area contributed by atoms with Crippen LogP contribution in [0, 0.1) is 17.5 Å². The molecule has 4 N–H and O–H groups in total. The van der Waals surface area contributed by atoms with Gasteiger partial charge in [-0.2, -0.15) is 17.6 Å². The number of hydrogen-bond donors (Lipinski definition) is 4. The highest BCUT2D eigenvalue weighted by atomic mass is 19.4. The number of halogens is 6. The van der Waals surface area contributed by atoms with Crippen LogP contribution in [0.3, 0.4) is 0 Å². The molecular formula is C17H14F6N2O5. The number of nitrogens with one attached hydrogen (secondary N) is 2. The van der Waals surface area contributed by atoms with Crippen molar-refractivity contribution in [3.05, 3.63) is 53.3 Å². The summed E-state index contributed by atoms with van der Waals surface area (Å²) in [5, 5.41) is 20.4. The van der Waals surface area contributed by atoms with Gasteiger partial charge in [-0.1, -0.05) is 0 Å². The molecule has 2 aromatic rings. The number of carbonyl (C=O) groups is 1. The standard InChI is InChI=1S/C17H14F6N2O5/c1-16(27,7-29-13-5-8(18)4-11(19)14(13)20)15(26)24-9-2-3-12(25-30-28)10(6-9)17(21,22)23/h2-6,25,27-28H,7H2,1H3,(H,24,26). The van der Waals surface area contributed by atoms with E-state index in [1.807, 2.05) is 5.32 Å². The van der Waals surface area contributed by atoms with Gasteiger partial charge in [-0.3, -0.25) is 4.79 Å². The Morgan fingerprint density at radius 1 is 1.13 bits per heavy atom. The lowest BCUT2D eigenvalue weighted by Gasteiger charge is -2.23. The van der Waals surface area contributed by atoms with E-state index in [4.69, 9.17) is 9.99 Å². The molecule has 30 heavy (non-hydrogen) atoms. The van der Waals surface area contributed by atoms with E-state index >= 15 is 0 Å². The molecule has 2 aromatic carbocycles. The number of ether oxygens (including phenoxy) is 1. The summed E-state index contributed by atoms with van der Waals surface area (Å²) in [5.41, 5.74) is -3.21. The van der Waals surface area contributed by atoms with Crippen molar-refractivity contribution in [2.75, 3.05) is 17.4 Å². The van der Waals surface area contributed by atoms with E-state index in [-0.39, 0.29) is 6.07 Å². The summed E-state index contributed by atoms with van der Waals surface area (Å²) in [4.78, 5) is 15.7. The van der Waals surface area contributed by atoms with Crippen molar-refractivity contribution >= 4 is 17.3 Å². The molecule has 0 radical (unpaired) electrons. The molecule has 1 unspecified atom stereocenters. The van der Waals surface area contributed by atoms with Crippen LogP contribution in [0.2, 0.25) is 0 Å². The molecule has 0 spiro atoms. The van der Waals surface area contributed by atoms with E-state index in [1.54, 1.807) is 5.48 Å². The Balaban J connectivity index is 2.16. The lowest BCUT2D eigenvalue weighted by atomic mass is 10.1. The minimum Gasteiger partial charge on any atom is -0.487 e. The van der Waals surface area contributed by atoms with E-state index in [9.17, 15) is 36.2 Å². The maximum absolute atomic E-state index is 13.6. The number of hydrogen-bond acceptors (Lipinski definition) is 6. The average molecular weight is 440 g/mol. The fourth-order valence-corrected chi connectivity index (χ4v) is 2.18. The largest absolute Gasteiger partial charge is 0.487 e. The molecule has 0 aliphatic heterocycles. The van der Waals surface area contributed by atoms with Gasteiger partial charge in [0.05, 0.1) is 11.3 Å². The first kappa shape index (κ1) is 23.3. The highest BCUT2D eigenvalue weighted by molar-refractivity contribution is 5.97. The quantitative estimate of drug-likeness (QED) is 0.227. The van der Waals surface area contributed by atoms with Gasteiger partial charge in [0.25, 0.3) is 5.91 Å². The fraction of sp³-hybridized carbons (Fsp3) is 0.235. The topological polar surface area (TPSA) is 100 Å². The Morgan fingerprint density at radius 2 is 1.80 bits per heavy atom. The molecule has 0 aliphatic carbocycles. The maximum Gasteiger partial charge on any atom is 0.418 e. The summed E-state index contributed by atoms with van der Waals surface area (Å²) in [6.07, 6.45) is -4.90. The van der Waals surface area contributed by atoms with E-state index in [1.165, 1.54) is 0 Å². The normalized spacial score (nSPS) is 13.5. The zero-order valence-corrected chi connectivity index (χ0v) is 15.0. The van der Waals surface area contributed by atoms with Crippen molar-refractivity contribution < 1.29 is 51.2 Å². The third-order valence-electron chi connectivity index (χ3n) is 3.70. The van der Waals surface area contributed by atoms with Gasteiger partial charge in [-0.05, 0) is 25.1 Å². The molecular weight excluding hydrogens is 426 g/mol. The van der Waals surface area contributed by atoms with Crippen molar-refractivity contribution in [3.8, 4) is 5.75 Å². The number of carbonyl (C=O) groups excluding carboxylic acids is 1. The zero-order chi connectivity index (χ0) is 22.7. The summed E-state index contributed by atoms with van der Waals surface area (Å²) in [7, 11) is 0. The molecule has 0 heterocycles. The van der Waals surface area contributed by atoms with Gasteiger partial charge in [-0.25, -0.2) is 19.5 Å². The highest BCUT2D eigenvalue weighted by Gasteiger charge is 2.36. The number of aliphatic hydroxyl groups is 1. The second-order valence-electron chi connectivity index (χ2n) is 6.17. The monoisotopic (exact) mass is 440 g/mol. The lowest BCUT2D eigenvalue weighted by molar-refractivity contribution is -0.216. The van der Waals surface area contributed by atoms with Crippen LogP contribution < -0.4 is 15.5 Å². The summed E-state index contributed by atoms with van der Waals surface area (Å²) < 4.78 is 83.9. The molecule has 7 nitrogen and oxygen atoms in total. The van der Waals surface area contributed by atoms with Crippen LogP contribution in [0.5, 0.6) is 5.75 Å². The Hall–Kier alpha value is -3.03. The Morgan fingerprint density at radius 3 is 2.40 bits per heavy atom. The van der Waals surface area contributed by atoms with Crippen LogP contribution >= 0.6 is 0 Å². The number of alkyl halides is 3. The third-order valence-corrected chi connectivity index (χ3v) is 3.70. The van der Waals surface area contributed by atoms with Crippen molar-refractivity contribution in [1.29, 1.82) is 0 Å². The number of rotatable bonds is 7. The molecule has 0 saturated heterocycles. The number of benzene rings is 2. The average Bonchev–Trinajstić information content (AvgIpc) is 2.64. The van der Waals surface area contributed by atoms with Gasteiger partial charge in [0.1, 0.15) is 12.4 Å². The number of amides is 1. The first-order chi connectivity index (χ1) is 13.8. The van der Waals surface area contributed by atoms with Crippen LogP contribution in [-0.4, -0.2) is 28.5 Å². The van der Waals surface area contributed by atoms with Crippen molar-refractivity contribution in [2.24, 2.45) is 0 Å². The van der Waals surface area contributed by atoms with Gasteiger partial charge in [0.2, 0.25) is 5.82 Å².